The van der Waals surface area contributed by atoms with Crippen LogP contribution in [0, 0.1) is 11.6 Å². The minimum Gasteiger partial charge on any atom is -0.380 e. The van der Waals surface area contributed by atoms with Crippen molar-refractivity contribution in [2.45, 2.75) is 31.3 Å². The van der Waals surface area contributed by atoms with Crippen LogP contribution in [-0.2, 0) is 11.2 Å². The molecule has 1 saturated heterocycles. The molecule has 1 aliphatic carbocycles. The van der Waals surface area contributed by atoms with E-state index >= 15 is 0 Å². The van der Waals surface area contributed by atoms with Crippen molar-refractivity contribution in [3.63, 3.8) is 0 Å². The Balaban J connectivity index is 1.33. The summed E-state index contributed by atoms with van der Waals surface area (Å²) in [6.45, 7) is 1.78. The maximum absolute atomic E-state index is 15.0. The minimum absolute atomic E-state index is 0.166. The third-order valence-electron chi connectivity index (χ3n) is 7.00. The van der Waals surface area contributed by atoms with Crippen LogP contribution in [0.15, 0.2) is 30.3 Å². The number of hydrogen-bond donors (Lipinski definition) is 1. The van der Waals surface area contributed by atoms with Crippen molar-refractivity contribution in [2.75, 3.05) is 44.7 Å². The number of piperazine rings is 1. The van der Waals surface area contributed by atoms with Gasteiger partial charge in [-0.3, -0.25) is 9.59 Å². The normalized spacial score (nSPS) is 19.3. The summed E-state index contributed by atoms with van der Waals surface area (Å²) in [5, 5.41) is 10.0. The van der Waals surface area contributed by atoms with E-state index in [0.29, 0.717) is 24.0 Å². The Morgan fingerprint density at radius 2 is 1.55 bits per heavy atom. The second kappa shape index (κ2) is 8.09. The molecular formula is C25H27F2N3O3. The summed E-state index contributed by atoms with van der Waals surface area (Å²) in [7, 11) is 2.03. The molecule has 0 unspecified atom stereocenters. The zero-order chi connectivity index (χ0) is 23.3. The number of hydrogen-bond acceptors (Lipinski definition) is 4. The zero-order valence-corrected chi connectivity index (χ0v) is 18.6. The van der Waals surface area contributed by atoms with Crippen LogP contribution in [0.25, 0.3) is 11.1 Å². The molecule has 2 aromatic carbocycles. The van der Waals surface area contributed by atoms with Crippen molar-refractivity contribution in [1.82, 2.24) is 9.80 Å². The topological polar surface area (TPSA) is 64.1 Å². The number of carbonyl (C=O) groups is 2. The van der Waals surface area contributed by atoms with Crippen molar-refractivity contribution in [3.8, 4) is 11.1 Å². The Kier molecular flexibility index (Phi) is 5.35. The molecule has 1 saturated carbocycles. The van der Waals surface area contributed by atoms with Crippen molar-refractivity contribution in [3.05, 3.63) is 53.1 Å². The highest BCUT2D eigenvalue weighted by Gasteiger charge is 2.50. The third kappa shape index (κ3) is 3.97. The number of benzene rings is 2. The van der Waals surface area contributed by atoms with Gasteiger partial charge in [0, 0.05) is 45.5 Å². The molecule has 33 heavy (non-hydrogen) atoms. The Morgan fingerprint density at radius 1 is 0.909 bits per heavy atom. The fraction of sp³-hybridized carbons (Fsp3) is 0.440. The molecule has 3 aliphatic rings. The number of carbonyl (C=O) groups excluding carboxylic acids is 2. The van der Waals surface area contributed by atoms with E-state index in [9.17, 15) is 23.5 Å². The third-order valence-corrected chi connectivity index (χ3v) is 7.00. The molecule has 2 heterocycles. The molecule has 2 fully saturated rings. The van der Waals surface area contributed by atoms with Crippen LogP contribution in [0.5, 0.6) is 0 Å². The number of nitrogens with zero attached hydrogens (tertiary/aromatic N) is 3. The Bertz CT molecular complexity index is 1100. The standard InChI is InChI=1S/C25H27F2N3O3/c1-28-8-2-3-17-13-16(4-5-21(17)28)18-14-19(26)22(20(27)15-18)23(31)29-9-11-30(12-10-29)24(32)25(33)6-7-25/h4-5,13-15,33H,2-3,6-12H2,1H3. The van der Waals surface area contributed by atoms with Gasteiger partial charge in [0.25, 0.3) is 11.8 Å². The maximum Gasteiger partial charge on any atom is 0.259 e. The SMILES string of the molecule is CN1CCCc2cc(-c3cc(F)c(C(=O)N4CCN(C(=O)C5(O)CC5)CC4)c(F)c3)ccc21. The van der Waals surface area contributed by atoms with E-state index < -0.39 is 28.7 Å². The van der Waals surface area contributed by atoms with Gasteiger partial charge in [-0.15, -0.1) is 0 Å². The number of halogens is 2. The molecular weight excluding hydrogens is 428 g/mol. The van der Waals surface area contributed by atoms with Crippen LogP contribution < -0.4 is 4.90 Å². The van der Waals surface area contributed by atoms with Gasteiger partial charge < -0.3 is 19.8 Å². The summed E-state index contributed by atoms with van der Waals surface area (Å²) in [5.74, 6) is -2.83. The number of aliphatic hydroxyl groups is 1. The van der Waals surface area contributed by atoms with Gasteiger partial charge >= 0.3 is 0 Å². The van der Waals surface area contributed by atoms with E-state index in [1.807, 2.05) is 25.2 Å². The Morgan fingerprint density at radius 3 is 2.18 bits per heavy atom. The predicted octanol–water partition coefficient (Wildman–Crippen LogP) is 2.82. The Labute approximate surface area is 191 Å². The van der Waals surface area contributed by atoms with Crippen LogP contribution in [0.4, 0.5) is 14.5 Å². The van der Waals surface area contributed by atoms with Crippen LogP contribution >= 0.6 is 0 Å². The first kappa shape index (κ1) is 21.8. The molecule has 174 valence electrons. The van der Waals surface area contributed by atoms with E-state index in [1.165, 1.54) is 21.9 Å². The lowest BCUT2D eigenvalue weighted by atomic mass is 9.95. The quantitative estimate of drug-likeness (QED) is 0.773. The van der Waals surface area contributed by atoms with Gasteiger partial charge in [-0.25, -0.2) is 8.78 Å². The van der Waals surface area contributed by atoms with Gasteiger partial charge in [0.15, 0.2) is 0 Å². The number of fused-ring (bicyclic) bond motifs is 1. The van der Waals surface area contributed by atoms with E-state index in [2.05, 4.69) is 4.90 Å². The number of amides is 2. The zero-order valence-electron chi connectivity index (χ0n) is 18.6. The van der Waals surface area contributed by atoms with Crippen molar-refractivity contribution in [1.29, 1.82) is 0 Å². The monoisotopic (exact) mass is 455 g/mol. The minimum atomic E-state index is -1.26. The average molecular weight is 456 g/mol. The molecule has 8 heteroatoms. The van der Waals surface area contributed by atoms with E-state index in [-0.39, 0.29) is 32.1 Å². The Hall–Kier alpha value is -3.00. The first-order valence-corrected chi connectivity index (χ1v) is 11.4. The van der Waals surface area contributed by atoms with Gasteiger partial charge in [-0.2, -0.15) is 0 Å². The number of aryl methyl sites for hydroxylation is 1. The molecule has 2 aromatic rings. The van der Waals surface area contributed by atoms with E-state index in [1.54, 1.807) is 0 Å². The summed E-state index contributed by atoms with van der Waals surface area (Å²) in [6.07, 6.45) is 2.85. The van der Waals surface area contributed by atoms with Gasteiger partial charge in [0.2, 0.25) is 0 Å². The fourth-order valence-electron chi connectivity index (χ4n) is 4.81. The number of rotatable bonds is 3. The van der Waals surface area contributed by atoms with Crippen molar-refractivity contribution in [2.24, 2.45) is 0 Å². The molecule has 0 radical (unpaired) electrons. The van der Waals surface area contributed by atoms with E-state index in [4.69, 9.17) is 0 Å². The van der Waals surface area contributed by atoms with Gasteiger partial charge in [0.05, 0.1) is 0 Å². The van der Waals surface area contributed by atoms with Gasteiger partial charge in [-0.05, 0) is 66.6 Å². The van der Waals surface area contributed by atoms with Gasteiger partial charge in [-0.1, -0.05) is 6.07 Å². The first-order chi connectivity index (χ1) is 15.8. The van der Waals surface area contributed by atoms with Gasteiger partial charge in [0.1, 0.15) is 22.8 Å². The summed E-state index contributed by atoms with van der Waals surface area (Å²) in [5.41, 5.74) is 1.55. The lowest BCUT2D eigenvalue weighted by Crippen LogP contribution is -2.53. The van der Waals surface area contributed by atoms with E-state index in [0.717, 1.165) is 30.6 Å². The highest BCUT2D eigenvalue weighted by molar-refractivity contribution is 5.96. The molecule has 0 bridgehead atoms. The highest BCUT2D eigenvalue weighted by atomic mass is 19.1. The van der Waals surface area contributed by atoms with Crippen molar-refractivity contribution >= 4 is 17.5 Å². The number of anilines is 1. The largest absolute Gasteiger partial charge is 0.380 e. The molecule has 5 rings (SSSR count). The lowest BCUT2D eigenvalue weighted by molar-refractivity contribution is -0.143. The molecule has 1 N–H and O–H groups in total. The second-order valence-electron chi connectivity index (χ2n) is 9.30. The first-order valence-electron chi connectivity index (χ1n) is 11.4. The molecule has 6 nitrogen and oxygen atoms in total. The van der Waals surface area contributed by atoms with Crippen LogP contribution in [0.3, 0.4) is 0 Å². The molecule has 0 aromatic heterocycles. The summed E-state index contributed by atoms with van der Waals surface area (Å²) < 4.78 is 30.0. The lowest BCUT2D eigenvalue weighted by Gasteiger charge is -2.35. The average Bonchev–Trinajstić information content (AvgIpc) is 3.56. The molecule has 2 aliphatic heterocycles. The fourth-order valence-corrected chi connectivity index (χ4v) is 4.81. The smallest absolute Gasteiger partial charge is 0.259 e. The summed E-state index contributed by atoms with van der Waals surface area (Å²) >= 11 is 0. The van der Waals surface area contributed by atoms with Crippen molar-refractivity contribution < 1.29 is 23.5 Å². The van der Waals surface area contributed by atoms with Crippen LogP contribution in [0.2, 0.25) is 0 Å². The molecule has 0 spiro atoms. The summed E-state index contributed by atoms with van der Waals surface area (Å²) in [4.78, 5) is 30.2. The van der Waals surface area contributed by atoms with Crippen LogP contribution in [-0.4, -0.2) is 72.1 Å². The molecule has 2 amide bonds. The van der Waals surface area contributed by atoms with Crippen LogP contribution in [0.1, 0.15) is 35.2 Å². The molecule has 0 atom stereocenters. The highest BCUT2D eigenvalue weighted by Crippen LogP contribution is 2.37. The second-order valence-corrected chi connectivity index (χ2v) is 9.30. The maximum atomic E-state index is 15.0. The predicted molar refractivity (Wildman–Crippen MR) is 120 cm³/mol. The summed E-state index contributed by atoms with van der Waals surface area (Å²) in [6, 6.07) is 8.21.